The van der Waals surface area contributed by atoms with Gasteiger partial charge in [0.2, 0.25) is 0 Å². The lowest BCUT2D eigenvalue weighted by molar-refractivity contribution is 0.315. The summed E-state index contributed by atoms with van der Waals surface area (Å²) >= 11 is 2.92. The molecule has 0 aliphatic carbocycles. The van der Waals surface area contributed by atoms with Gasteiger partial charge in [0.05, 0.1) is 40.4 Å². The lowest BCUT2D eigenvalue weighted by Gasteiger charge is -1.94. The highest BCUT2D eigenvalue weighted by molar-refractivity contribution is 7.17. The Kier molecular flexibility index (Phi) is 57.7. The number of anilines is 1. The summed E-state index contributed by atoms with van der Waals surface area (Å²) in [6, 6.07) is 77.4. The number of rotatable bonds is 0. The number of para-hydroxylation sites is 9. The van der Waals surface area contributed by atoms with Crippen molar-refractivity contribution in [2.45, 2.75) is 200 Å². The first kappa shape index (κ1) is 106. The molecule has 0 unspecified atom stereocenters. The number of imidazole rings is 1. The Morgan fingerprint density at radius 2 is 0.798 bits per heavy atom. The van der Waals surface area contributed by atoms with Crippen LogP contribution in [0.5, 0.6) is 5.75 Å². The average molecular weight is 1660 g/mol. The molecule has 18 rings (SSSR count). The number of H-pyrrole nitrogens is 3. The van der Waals surface area contributed by atoms with Gasteiger partial charge in [-0.1, -0.05) is 338 Å². The Labute approximate surface area is 721 Å². The molecule has 2 aliphatic heterocycles. The fraction of sp³-hybridized carbons (Fsp3) is 0.388. The highest BCUT2D eigenvalue weighted by Gasteiger charge is 2.09. The molecule has 0 atom stereocenters. The van der Waals surface area contributed by atoms with E-state index in [1.807, 2.05) is 146 Å². The molecule has 0 saturated carbocycles. The topological polar surface area (TPSA) is 194 Å². The minimum atomic E-state index is -0.402. The van der Waals surface area contributed by atoms with Gasteiger partial charge in [-0.25, -0.2) is 19.2 Å². The van der Waals surface area contributed by atoms with Crippen molar-refractivity contribution in [3.63, 3.8) is 0 Å². The van der Waals surface area contributed by atoms with E-state index >= 15 is 0 Å². The lowest BCUT2D eigenvalue weighted by Crippen LogP contribution is -1.92. The van der Waals surface area contributed by atoms with Crippen LogP contribution in [0.3, 0.4) is 0 Å². The van der Waals surface area contributed by atoms with Crippen LogP contribution in [0, 0.1) is 53.3 Å². The van der Waals surface area contributed by atoms with E-state index < -0.39 is 5.76 Å². The largest absolute Gasteiger partial charge is 0.493 e. The molecule has 16 heteroatoms. The Hall–Kier alpha value is -10.6. The van der Waals surface area contributed by atoms with Crippen LogP contribution in [-0.2, 0) is 12.8 Å². The Balaban J connectivity index is 0.000000638. The average Bonchev–Trinajstić information content (AvgIpc) is 1.71. The fourth-order valence-electron chi connectivity index (χ4n) is 8.49. The van der Waals surface area contributed by atoms with Crippen LogP contribution in [0.1, 0.15) is 198 Å². The Morgan fingerprint density at radius 3 is 1.30 bits per heavy atom. The van der Waals surface area contributed by atoms with Crippen molar-refractivity contribution in [3.8, 4) is 5.75 Å². The molecule has 0 bridgehead atoms. The highest BCUT2D eigenvalue weighted by atomic mass is 32.1. The van der Waals surface area contributed by atoms with Crippen molar-refractivity contribution in [1.82, 2.24) is 30.2 Å². The van der Waals surface area contributed by atoms with Crippen molar-refractivity contribution in [2.24, 2.45) is 53.3 Å². The van der Waals surface area contributed by atoms with Gasteiger partial charge in [0.25, 0.3) is 0 Å². The zero-order chi connectivity index (χ0) is 88.9. The number of nitrogens with zero attached hydrogens (tertiary/aromatic N) is 3. The van der Waals surface area contributed by atoms with Crippen LogP contribution < -0.4 is 20.7 Å². The number of aromatic amines is 3. The summed E-state index contributed by atoms with van der Waals surface area (Å²) in [7, 11) is 0. The van der Waals surface area contributed by atoms with E-state index in [1.54, 1.807) is 42.1 Å². The maximum atomic E-state index is 10.6. The number of ether oxygens (including phenoxy) is 1. The van der Waals surface area contributed by atoms with E-state index in [-0.39, 0.29) is 4.94 Å². The number of aromatic nitrogens is 6. The van der Waals surface area contributed by atoms with E-state index in [1.165, 1.54) is 44.2 Å². The molecule has 16 aromatic rings. The highest BCUT2D eigenvalue weighted by Crippen LogP contribution is 2.24. The number of oxazole rings is 1. The van der Waals surface area contributed by atoms with Gasteiger partial charge in [-0.05, 0) is 194 Å². The van der Waals surface area contributed by atoms with E-state index in [9.17, 15) is 9.59 Å². The summed E-state index contributed by atoms with van der Waals surface area (Å²) in [5, 5.41) is 16.5. The van der Waals surface area contributed by atoms with Gasteiger partial charge < -0.3 is 33.3 Å². The van der Waals surface area contributed by atoms with Crippen molar-refractivity contribution in [2.75, 3.05) is 18.5 Å². The van der Waals surface area contributed by atoms with Gasteiger partial charge in [-0.3, -0.25) is 4.98 Å². The first-order chi connectivity index (χ1) is 56.6. The Bertz CT molecular complexity index is 4280. The standard InChI is InChI=1S/C8H9N.C8H7N.C8H8O.C8H6O.C8H6S.C7H6N2.C7H5NO2.C7H4O2S.C6H4N2O.9C4H10/c5*1-2-4-8-7(3-1)5-6-9-8;1-2-4-7-6(3-1)8-5-9-7;9-7-8-5-3-1-2-4-6(5)10-7;8-7-9-5-3-1-2-4-6(5)10-7;1-2-4-6-5(3-1)7-9-8-6;9*1-4(2)3/h1-4,9H,5-6H2;1-6,9H;1-4H,5-6H2;2*1-6H;1-5H,(H,8,9);1-4H,(H,8,9);1-4H;1-4H;9*4H,1-3H3. The molecule has 4 N–H and O–H groups in total. The monoisotopic (exact) mass is 1660 g/mol. The zero-order valence-electron chi connectivity index (χ0n) is 76.9. The minimum absolute atomic E-state index is 0.235. The molecule has 9 aromatic carbocycles. The Morgan fingerprint density at radius 1 is 0.361 bits per heavy atom. The molecule has 0 saturated heterocycles. The fourth-order valence-corrected chi connectivity index (χ4v) is 9.95. The smallest absolute Gasteiger partial charge is 0.417 e. The van der Waals surface area contributed by atoms with Crippen LogP contribution in [0.15, 0.2) is 288 Å². The maximum Gasteiger partial charge on any atom is 0.417 e. The summed E-state index contributed by atoms with van der Waals surface area (Å²) < 4.78 is 26.8. The molecular formula is C103H145N7O7S2. The summed E-state index contributed by atoms with van der Waals surface area (Å²) in [6.07, 6.45) is 7.62. The first-order valence-electron chi connectivity index (χ1n) is 42.1. The van der Waals surface area contributed by atoms with E-state index in [4.69, 9.17) is 18.0 Å². The zero-order valence-corrected chi connectivity index (χ0v) is 78.5. The minimum Gasteiger partial charge on any atom is -0.493 e. The normalized spacial score (nSPS) is 10.6. The van der Waals surface area contributed by atoms with Gasteiger partial charge >= 0.3 is 10.7 Å². The van der Waals surface area contributed by atoms with Crippen LogP contribution in [0.2, 0.25) is 0 Å². The van der Waals surface area contributed by atoms with Crippen molar-refractivity contribution >= 4 is 104 Å². The van der Waals surface area contributed by atoms with Crippen LogP contribution in [0.25, 0.3) is 75.4 Å². The molecule has 0 radical (unpaired) electrons. The molecule has 0 fully saturated rings. The van der Waals surface area contributed by atoms with Gasteiger partial charge in [0.1, 0.15) is 27.9 Å². The quantitative estimate of drug-likeness (QED) is 0.113. The van der Waals surface area contributed by atoms with Gasteiger partial charge in [-0.15, -0.1) is 11.3 Å². The third kappa shape index (κ3) is 55.7. The van der Waals surface area contributed by atoms with Crippen LogP contribution in [-0.4, -0.2) is 43.4 Å². The molecule has 7 aromatic heterocycles. The molecule has 119 heavy (non-hydrogen) atoms. The van der Waals surface area contributed by atoms with E-state index in [0.717, 1.165) is 133 Å². The summed E-state index contributed by atoms with van der Waals surface area (Å²) in [6.45, 7) is 60.5. The second-order valence-electron chi connectivity index (χ2n) is 33.7. The second-order valence-corrected chi connectivity index (χ2v) is 35.6. The SMILES string of the molecule is CC(C)C.CC(C)C.CC(C)C.CC(C)C.CC(C)C.CC(C)C.CC(C)C.CC(C)C.CC(C)C.O=c1[nH]c2ccccc2o1.O=c1oc2ccccc2s1.c1ccc2[nH]ccc2c1.c1ccc2[nH]cnc2c1.c1ccc2c(c1)CCN2.c1ccc2c(c1)CCO2.c1ccc2nonc2c1.c1ccc2occc2c1.c1ccc2sccc2c1. The van der Waals surface area contributed by atoms with Crippen LogP contribution in [0.4, 0.5) is 5.69 Å². The first-order valence-corrected chi connectivity index (χ1v) is 43.8. The number of thiophene rings is 1. The third-order valence-electron chi connectivity index (χ3n) is 12.6. The number of hydrogen-bond donors (Lipinski definition) is 4. The summed E-state index contributed by atoms with van der Waals surface area (Å²) in [5.41, 5.74) is 12.0. The van der Waals surface area contributed by atoms with Gasteiger partial charge in [-0.2, -0.15) is 0 Å². The molecule has 0 spiro atoms. The van der Waals surface area contributed by atoms with Crippen molar-refractivity contribution in [1.29, 1.82) is 0 Å². The number of fused-ring (bicyclic) bond motifs is 9. The number of hydrogen-bond acceptors (Lipinski definition) is 13. The number of nitrogens with one attached hydrogen (secondary N) is 4. The predicted octanol–water partition coefficient (Wildman–Crippen LogP) is 31.5. The molecular weight excluding hydrogens is 1510 g/mol. The summed E-state index contributed by atoms with van der Waals surface area (Å²) in [4.78, 5) is 33.7. The third-order valence-corrected chi connectivity index (χ3v) is 14.3. The van der Waals surface area contributed by atoms with Crippen LogP contribution >= 0.6 is 22.7 Å². The number of benzene rings is 9. The van der Waals surface area contributed by atoms with E-state index in [0.29, 0.717) is 11.2 Å². The van der Waals surface area contributed by atoms with Gasteiger partial charge in [0.15, 0.2) is 5.58 Å². The number of furan rings is 1. The molecule has 9 heterocycles. The van der Waals surface area contributed by atoms with Gasteiger partial charge in [0, 0.05) is 40.5 Å². The maximum absolute atomic E-state index is 10.6. The predicted molar refractivity (Wildman–Crippen MR) is 520 cm³/mol. The van der Waals surface area contributed by atoms with Crippen molar-refractivity contribution in [3.05, 3.63) is 292 Å². The molecule has 646 valence electrons. The van der Waals surface area contributed by atoms with E-state index in [2.05, 4.69) is 311 Å². The molecule has 2 aliphatic rings. The summed E-state index contributed by atoms with van der Waals surface area (Å²) in [5.74, 6) is 8.17. The second kappa shape index (κ2) is 64.4. The lowest BCUT2D eigenvalue weighted by atomic mass is 10.2. The molecule has 14 nitrogen and oxygen atoms in total. The molecule has 0 amide bonds. The van der Waals surface area contributed by atoms with Crippen molar-refractivity contribution < 1.29 is 22.6 Å².